The topological polar surface area (TPSA) is 89.3 Å². The summed E-state index contributed by atoms with van der Waals surface area (Å²) in [6.07, 6.45) is 3.77. The highest BCUT2D eigenvalue weighted by molar-refractivity contribution is 5.73. The fourth-order valence-electron chi connectivity index (χ4n) is 2.72. The molecule has 25 heavy (non-hydrogen) atoms. The van der Waals surface area contributed by atoms with E-state index in [-0.39, 0.29) is 12.1 Å². The Balaban J connectivity index is 1.40. The molecule has 0 radical (unpaired) electrons. The molecule has 0 unspecified atom stereocenters. The fourth-order valence-corrected chi connectivity index (χ4v) is 2.72. The predicted molar refractivity (Wildman–Crippen MR) is 93.2 cm³/mol. The maximum Gasteiger partial charge on any atom is 0.314 e. The lowest BCUT2D eigenvalue weighted by Gasteiger charge is -2.11. The van der Waals surface area contributed by atoms with Gasteiger partial charge in [-0.05, 0) is 37.0 Å². The number of hydrogen-bond acceptors (Lipinski definition) is 5. The molecule has 1 saturated heterocycles. The summed E-state index contributed by atoms with van der Waals surface area (Å²) in [5.41, 5.74) is 2.04. The van der Waals surface area contributed by atoms with Crippen molar-refractivity contribution < 1.29 is 14.1 Å². The summed E-state index contributed by atoms with van der Waals surface area (Å²) in [7, 11) is 0. The largest absolute Gasteiger partial charge is 0.376 e. The van der Waals surface area contributed by atoms with Crippen LogP contribution in [0.15, 0.2) is 28.8 Å². The second kappa shape index (κ2) is 8.62. The minimum Gasteiger partial charge on any atom is -0.376 e. The lowest BCUT2D eigenvalue weighted by molar-refractivity contribution is 0.111. The quantitative estimate of drug-likeness (QED) is 0.804. The summed E-state index contributed by atoms with van der Waals surface area (Å²) < 4.78 is 10.7. The molecule has 1 fully saturated rings. The van der Waals surface area contributed by atoms with Crippen molar-refractivity contribution in [1.82, 2.24) is 20.8 Å². The van der Waals surface area contributed by atoms with Crippen molar-refractivity contribution >= 4 is 6.03 Å². The van der Waals surface area contributed by atoms with Gasteiger partial charge < -0.3 is 19.9 Å². The highest BCUT2D eigenvalue weighted by Crippen LogP contribution is 2.18. The molecule has 2 heterocycles. The molecule has 7 heteroatoms. The van der Waals surface area contributed by atoms with Crippen LogP contribution in [-0.2, 0) is 17.6 Å². The Kier molecular flexibility index (Phi) is 6.00. The van der Waals surface area contributed by atoms with Gasteiger partial charge >= 0.3 is 6.03 Å². The number of nitrogens with zero attached hydrogens (tertiary/aromatic N) is 2. The Morgan fingerprint density at radius 3 is 2.80 bits per heavy atom. The lowest BCUT2D eigenvalue weighted by atomic mass is 10.1. The zero-order chi connectivity index (χ0) is 17.5. The molecule has 2 amide bonds. The van der Waals surface area contributed by atoms with Gasteiger partial charge in [0.15, 0.2) is 5.82 Å². The molecule has 1 atom stereocenters. The Morgan fingerprint density at radius 1 is 1.28 bits per heavy atom. The fraction of sp³-hybridized carbons (Fsp3) is 0.500. The number of rotatable bonds is 7. The van der Waals surface area contributed by atoms with Gasteiger partial charge in [0.1, 0.15) is 0 Å². The summed E-state index contributed by atoms with van der Waals surface area (Å²) in [4.78, 5) is 16.1. The zero-order valence-corrected chi connectivity index (χ0v) is 14.5. The highest BCUT2D eigenvalue weighted by atomic mass is 16.5. The summed E-state index contributed by atoms with van der Waals surface area (Å²) in [6.45, 7) is 3.94. The third-order valence-electron chi connectivity index (χ3n) is 4.20. The molecule has 0 bridgehead atoms. The van der Waals surface area contributed by atoms with Crippen molar-refractivity contribution in [3.8, 4) is 11.5 Å². The Labute approximate surface area is 147 Å². The molecule has 1 aliphatic rings. The van der Waals surface area contributed by atoms with E-state index in [0.717, 1.165) is 43.4 Å². The van der Waals surface area contributed by atoms with E-state index in [0.29, 0.717) is 24.8 Å². The molecular formula is C18H24N4O3. The zero-order valence-electron chi connectivity index (χ0n) is 14.5. The van der Waals surface area contributed by atoms with Gasteiger partial charge in [0, 0.05) is 31.7 Å². The molecular weight excluding hydrogens is 320 g/mol. The number of hydrogen-bond donors (Lipinski definition) is 2. The van der Waals surface area contributed by atoms with Crippen molar-refractivity contribution in [1.29, 1.82) is 0 Å². The standard InChI is InChI=1S/C18H24N4O3/c1-2-16-21-17(25-22-16)14-7-5-13(6-8-14)9-10-19-18(23)20-12-15-4-3-11-24-15/h5-8,15H,2-4,9-12H2,1H3,(H2,19,20,23)/t15-/m1/s1. The van der Waals surface area contributed by atoms with Crippen LogP contribution in [-0.4, -0.2) is 42.0 Å². The van der Waals surface area contributed by atoms with E-state index in [2.05, 4.69) is 20.8 Å². The molecule has 3 rings (SSSR count). The minimum absolute atomic E-state index is 0.148. The molecule has 1 aromatic heterocycles. The number of aromatic nitrogens is 2. The van der Waals surface area contributed by atoms with Crippen LogP contribution in [0.5, 0.6) is 0 Å². The molecule has 1 aliphatic heterocycles. The molecule has 2 N–H and O–H groups in total. The van der Waals surface area contributed by atoms with Gasteiger partial charge in [0.25, 0.3) is 5.89 Å². The molecule has 134 valence electrons. The first-order valence-electron chi connectivity index (χ1n) is 8.80. The summed E-state index contributed by atoms with van der Waals surface area (Å²) in [5, 5.41) is 9.61. The van der Waals surface area contributed by atoms with Crippen LogP contribution in [0.3, 0.4) is 0 Å². The predicted octanol–water partition coefficient (Wildman–Crippen LogP) is 2.32. The normalized spacial score (nSPS) is 16.8. The average Bonchev–Trinajstić information content (AvgIpc) is 3.32. The average molecular weight is 344 g/mol. The molecule has 1 aromatic carbocycles. The number of carbonyl (C=O) groups excluding carboxylic acids is 1. The van der Waals surface area contributed by atoms with Gasteiger partial charge in [-0.1, -0.05) is 24.2 Å². The number of nitrogens with one attached hydrogen (secondary N) is 2. The number of urea groups is 1. The SMILES string of the molecule is CCc1noc(-c2ccc(CCNC(=O)NC[C@H]3CCCO3)cc2)n1. The van der Waals surface area contributed by atoms with Crippen LogP contribution < -0.4 is 10.6 Å². The number of ether oxygens (including phenoxy) is 1. The number of carbonyl (C=O) groups is 1. The maximum absolute atomic E-state index is 11.8. The monoisotopic (exact) mass is 344 g/mol. The van der Waals surface area contributed by atoms with E-state index >= 15 is 0 Å². The van der Waals surface area contributed by atoms with Gasteiger partial charge in [-0.3, -0.25) is 0 Å². The lowest BCUT2D eigenvalue weighted by Crippen LogP contribution is -2.40. The maximum atomic E-state index is 11.8. The molecule has 0 aliphatic carbocycles. The van der Waals surface area contributed by atoms with Crippen LogP contribution in [0.2, 0.25) is 0 Å². The van der Waals surface area contributed by atoms with E-state index < -0.39 is 0 Å². The van der Waals surface area contributed by atoms with E-state index in [1.807, 2.05) is 31.2 Å². The summed E-state index contributed by atoms with van der Waals surface area (Å²) in [5.74, 6) is 1.24. The van der Waals surface area contributed by atoms with Crippen LogP contribution >= 0.6 is 0 Å². The van der Waals surface area contributed by atoms with E-state index in [9.17, 15) is 4.79 Å². The van der Waals surface area contributed by atoms with E-state index in [1.165, 1.54) is 0 Å². The van der Waals surface area contributed by atoms with Crippen LogP contribution in [0.1, 0.15) is 31.2 Å². The first kappa shape index (κ1) is 17.4. The van der Waals surface area contributed by atoms with E-state index in [1.54, 1.807) is 0 Å². The van der Waals surface area contributed by atoms with E-state index in [4.69, 9.17) is 9.26 Å². The summed E-state index contributed by atoms with van der Waals surface area (Å²) in [6, 6.07) is 7.79. The molecule has 2 aromatic rings. The number of benzene rings is 1. The van der Waals surface area contributed by atoms with Gasteiger partial charge in [-0.15, -0.1) is 0 Å². The Bertz CT molecular complexity index is 678. The van der Waals surface area contributed by atoms with Crippen LogP contribution in [0.25, 0.3) is 11.5 Å². The third-order valence-corrected chi connectivity index (χ3v) is 4.20. The first-order chi connectivity index (χ1) is 12.2. The number of amides is 2. The van der Waals surface area contributed by atoms with Crippen molar-refractivity contribution in [3.05, 3.63) is 35.7 Å². The molecule has 0 saturated carbocycles. The second-order valence-electron chi connectivity index (χ2n) is 6.09. The number of aryl methyl sites for hydroxylation is 1. The van der Waals surface area contributed by atoms with Gasteiger partial charge in [-0.2, -0.15) is 4.98 Å². The van der Waals surface area contributed by atoms with Gasteiger partial charge in [-0.25, -0.2) is 4.79 Å². The van der Waals surface area contributed by atoms with Gasteiger partial charge in [0.05, 0.1) is 6.10 Å². The minimum atomic E-state index is -0.148. The third kappa shape index (κ3) is 5.03. The highest BCUT2D eigenvalue weighted by Gasteiger charge is 2.15. The van der Waals surface area contributed by atoms with Crippen molar-refractivity contribution in [3.63, 3.8) is 0 Å². The van der Waals surface area contributed by atoms with Crippen LogP contribution in [0, 0.1) is 0 Å². The smallest absolute Gasteiger partial charge is 0.314 e. The van der Waals surface area contributed by atoms with Crippen molar-refractivity contribution in [2.24, 2.45) is 0 Å². The van der Waals surface area contributed by atoms with Gasteiger partial charge in [0.2, 0.25) is 0 Å². The Morgan fingerprint density at radius 2 is 2.12 bits per heavy atom. The molecule has 7 nitrogen and oxygen atoms in total. The van der Waals surface area contributed by atoms with Crippen molar-refractivity contribution in [2.75, 3.05) is 19.7 Å². The summed E-state index contributed by atoms with van der Waals surface area (Å²) >= 11 is 0. The second-order valence-corrected chi connectivity index (χ2v) is 6.09. The van der Waals surface area contributed by atoms with Crippen LogP contribution in [0.4, 0.5) is 4.79 Å². The Hall–Kier alpha value is -2.41. The molecule has 0 spiro atoms. The van der Waals surface area contributed by atoms with Crippen molar-refractivity contribution in [2.45, 2.75) is 38.7 Å². The first-order valence-corrected chi connectivity index (χ1v) is 8.80.